The molecular weight excluding hydrogens is 412 g/mol. The van der Waals surface area contributed by atoms with Crippen LogP contribution in [0.4, 0.5) is 22.1 Å². The van der Waals surface area contributed by atoms with Crippen molar-refractivity contribution in [2.75, 3.05) is 35.8 Å². The van der Waals surface area contributed by atoms with Crippen molar-refractivity contribution in [3.63, 3.8) is 0 Å². The first-order valence-corrected chi connectivity index (χ1v) is 9.82. The number of benzene rings is 2. The minimum absolute atomic E-state index is 0.258. The third-order valence-corrected chi connectivity index (χ3v) is 4.75. The molecule has 9 heteroatoms. The standard InChI is InChI=1S/C23H20N4O5/c1-31-22(29)16-9-7-15(8-10-16)21(28)26-19-12-11-18-20(25-19)27(13-14-32-18)23(30)24-17-5-3-2-4-6-17/h2-12H,13-14H2,1H3,(H,24,30)(H,25,26,28). The molecule has 4 rings (SSSR count). The Morgan fingerprint density at radius 3 is 2.38 bits per heavy atom. The zero-order valence-corrected chi connectivity index (χ0v) is 17.2. The van der Waals surface area contributed by atoms with E-state index in [1.807, 2.05) is 18.2 Å². The summed E-state index contributed by atoms with van der Waals surface area (Å²) in [6.45, 7) is 0.639. The molecule has 0 aliphatic carbocycles. The van der Waals surface area contributed by atoms with Crippen LogP contribution in [0.15, 0.2) is 66.7 Å². The van der Waals surface area contributed by atoms with Crippen LogP contribution < -0.4 is 20.3 Å². The number of pyridine rings is 1. The highest BCUT2D eigenvalue weighted by Gasteiger charge is 2.26. The van der Waals surface area contributed by atoms with E-state index in [1.165, 1.54) is 36.3 Å². The minimum Gasteiger partial charge on any atom is -0.488 e. The second-order valence-corrected chi connectivity index (χ2v) is 6.84. The number of hydrogen-bond acceptors (Lipinski definition) is 6. The van der Waals surface area contributed by atoms with Crippen LogP contribution >= 0.6 is 0 Å². The van der Waals surface area contributed by atoms with Crippen molar-refractivity contribution in [3.05, 3.63) is 77.9 Å². The predicted molar refractivity (Wildman–Crippen MR) is 118 cm³/mol. The molecule has 0 atom stereocenters. The van der Waals surface area contributed by atoms with Gasteiger partial charge in [-0.25, -0.2) is 14.6 Å². The summed E-state index contributed by atoms with van der Waals surface area (Å²) < 4.78 is 10.3. The maximum absolute atomic E-state index is 12.8. The smallest absolute Gasteiger partial charge is 0.337 e. The zero-order valence-electron chi connectivity index (χ0n) is 17.2. The molecule has 2 N–H and O–H groups in total. The second kappa shape index (κ2) is 9.17. The molecule has 9 nitrogen and oxygen atoms in total. The zero-order chi connectivity index (χ0) is 22.5. The van der Waals surface area contributed by atoms with Gasteiger partial charge >= 0.3 is 12.0 Å². The van der Waals surface area contributed by atoms with E-state index in [1.54, 1.807) is 24.3 Å². The number of carbonyl (C=O) groups excluding carboxylic acids is 3. The fraction of sp³-hybridized carbons (Fsp3) is 0.130. The number of anilines is 3. The predicted octanol–water partition coefficient (Wildman–Crippen LogP) is 3.55. The molecule has 0 radical (unpaired) electrons. The lowest BCUT2D eigenvalue weighted by Crippen LogP contribution is -2.41. The van der Waals surface area contributed by atoms with Crippen LogP contribution in [0.1, 0.15) is 20.7 Å². The number of methoxy groups -OCH3 is 1. The summed E-state index contributed by atoms with van der Waals surface area (Å²) in [6.07, 6.45) is 0. The maximum Gasteiger partial charge on any atom is 0.337 e. The van der Waals surface area contributed by atoms with Crippen LogP contribution in [-0.2, 0) is 4.74 Å². The lowest BCUT2D eigenvalue weighted by atomic mass is 10.1. The monoisotopic (exact) mass is 432 g/mol. The van der Waals surface area contributed by atoms with Gasteiger partial charge in [-0.15, -0.1) is 0 Å². The van der Waals surface area contributed by atoms with E-state index < -0.39 is 11.9 Å². The largest absolute Gasteiger partial charge is 0.488 e. The molecule has 3 amide bonds. The topological polar surface area (TPSA) is 110 Å². The number of para-hydroxylation sites is 1. The Morgan fingerprint density at radius 1 is 0.938 bits per heavy atom. The Morgan fingerprint density at radius 2 is 1.66 bits per heavy atom. The van der Waals surface area contributed by atoms with E-state index in [-0.39, 0.29) is 11.8 Å². The highest BCUT2D eigenvalue weighted by atomic mass is 16.5. The van der Waals surface area contributed by atoms with Gasteiger partial charge in [-0.2, -0.15) is 0 Å². The molecule has 0 saturated carbocycles. The van der Waals surface area contributed by atoms with Crippen molar-refractivity contribution in [3.8, 4) is 5.75 Å². The fourth-order valence-corrected chi connectivity index (χ4v) is 3.14. The Bertz CT molecular complexity index is 1150. The number of urea groups is 1. The number of rotatable bonds is 4. The number of nitrogens with zero attached hydrogens (tertiary/aromatic N) is 2. The summed E-state index contributed by atoms with van der Waals surface area (Å²) in [5.41, 5.74) is 1.34. The van der Waals surface area contributed by atoms with Gasteiger partial charge in [-0.05, 0) is 48.5 Å². The Balaban J connectivity index is 1.51. The third-order valence-electron chi connectivity index (χ3n) is 4.75. The Hall–Kier alpha value is -4.40. The summed E-state index contributed by atoms with van der Waals surface area (Å²) >= 11 is 0. The molecule has 162 valence electrons. The van der Waals surface area contributed by atoms with Gasteiger partial charge in [0, 0.05) is 11.3 Å². The van der Waals surface area contributed by atoms with Crippen LogP contribution in [0.2, 0.25) is 0 Å². The molecule has 1 aliphatic rings. The second-order valence-electron chi connectivity index (χ2n) is 6.84. The van der Waals surface area contributed by atoms with Gasteiger partial charge in [0.2, 0.25) is 0 Å². The van der Waals surface area contributed by atoms with E-state index >= 15 is 0 Å². The number of aromatic nitrogens is 1. The molecule has 1 aromatic heterocycles. The molecule has 0 spiro atoms. The highest BCUT2D eigenvalue weighted by Crippen LogP contribution is 2.31. The van der Waals surface area contributed by atoms with Crippen molar-refractivity contribution in [1.82, 2.24) is 4.98 Å². The number of hydrogen-bond donors (Lipinski definition) is 2. The maximum atomic E-state index is 12.8. The van der Waals surface area contributed by atoms with E-state index in [0.717, 1.165) is 0 Å². The third kappa shape index (κ3) is 4.51. The van der Waals surface area contributed by atoms with Gasteiger partial charge in [0.05, 0.1) is 19.2 Å². The number of amides is 3. The van der Waals surface area contributed by atoms with Crippen molar-refractivity contribution in [2.24, 2.45) is 0 Å². The normalized spacial score (nSPS) is 12.2. The SMILES string of the molecule is COC(=O)c1ccc(C(=O)Nc2ccc3c(n2)N(C(=O)Nc2ccccc2)CCO3)cc1. The summed E-state index contributed by atoms with van der Waals surface area (Å²) in [5, 5.41) is 5.52. The fourth-order valence-electron chi connectivity index (χ4n) is 3.14. The Labute approximate surface area is 184 Å². The average molecular weight is 432 g/mol. The van der Waals surface area contributed by atoms with Crippen molar-refractivity contribution in [1.29, 1.82) is 0 Å². The van der Waals surface area contributed by atoms with Gasteiger partial charge in [0.25, 0.3) is 5.91 Å². The first-order valence-electron chi connectivity index (χ1n) is 9.82. The summed E-state index contributed by atoms with van der Waals surface area (Å²) in [4.78, 5) is 42.8. The molecular formula is C23H20N4O5. The van der Waals surface area contributed by atoms with Crippen LogP contribution in [0.5, 0.6) is 5.75 Å². The number of fused-ring (bicyclic) bond motifs is 1. The van der Waals surface area contributed by atoms with E-state index in [9.17, 15) is 14.4 Å². The molecule has 32 heavy (non-hydrogen) atoms. The molecule has 1 aliphatic heterocycles. The van der Waals surface area contributed by atoms with E-state index in [4.69, 9.17) is 4.74 Å². The van der Waals surface area contributed by atoms with Gasteiger partial charge in [-0.1, -0.05) is 18.2 Å². The molecule has 2 heterocycles. The average Bonchev–Trinajstić information content (AvgIpc) is 2.83. The quantitative estimate of drug-likeness (QED) is 0.610. The first kappa shape index (κ1) is 20.9. The number of ether oxygens (including phenoxy) is 2. The Kier molecular flexibility index (Phi) is 5.98. The van der Waals surface area contributed by atoms with Crippen molar-refractivity contribution in [2.45, 2.75) is 0 Å². The van der Waals surface area contributed by atoms with Gasteiger partial charge in [-0.3, -0.25) is 9.69 Å². The summed E-state index contributed by atoms with van der Waals surface area (Å²) in [6, 6.07) is 18.0. The van der Waals surface area contributed by atoms with E-state index in [2.05, 4.69) is 20.4 Å². The molecule has 0 bridgehead atoms. The number of carbonyl (C=O) groups is 3. The van der Waals surface area contributed by atoms with Crippen LogP contribution in [0.3, 0.4) is 0 Å². The lowest BCUT2D eigenvalue weighted by Gasteiger charge is -2.28. The van der Waals surface area contributed by atoms with Crippen molar-refractivity contribution >= 4 is 35.2 Å². The number of esters is 1. The molecule has 0 unspecified atom stereocenters. The molecule has 0 fully saturated rings. The molecule has 3 aromatic rings. The summed E-state index contributed by atoms with van der Waals surface area (Å²) in [7, 11) is 1.29. The first-order chi connectivity index (χ1) is 15.5. The summed E-state index contributed by atoms with van der Waals surface area (Å²) in [5.74, 6) is 0.116. The molecule has 2 aromatic carbocycles. The minimum atomic E-state index is -0.484. The lowest BCUT2D eigenvalue weighted by molar-refractivity contribution is 0.0600. The van der Waals surface area contributed by atoms with Crippen molar-refractivity contribution < 1.29 is 23.9 Å². The van der Waals surface area contributed by atoms with Gasteiger partial charge in [0.15, 0.2) is 11.6 Å². The van der Waals surface area contributed by atoms with Crippen LogP contribution in [-0.4, -0.2) is 43.2 Å². The van der Waals surface area contributed by atoms with Crippen LogP contribution in [0, 0.1) is 0 Å². The highest BCUT2D eigenvalue weighted by molar-refractivity contribution is 6.05. The number of nitrogens with one attached hydrogen (secondary N) is 2. The van der Waals surface area contributed by atoms with Gasteiger partial charge in [0.1, 0.15) is 12.4 Å². The van der Waals surface area contributed by atoms with Gasteiger partial charge < -0.3 is 20.1 Å². The van der Waals surface area contributed by atoms with E-state index in [0.29, 0.717) is 41.5 Å². The van der Waals surface area contributed by atoms with Crippen LogP contribution in [0.25, 0.3) is 0 Å². The molecule has 0 saturated heterocycles.